The number of hydrogen-bond acceptors (Lipinski definition) is 3. The van der Waals surface area contributed by atoms with Crippen molar-refractivity contribution in [2.45, 2.75) is 64.5 Å². The smallest absolute Gasteiger partial charge is 0.317 e. The van der Waals surface area contributed by atoms with E-state index in [4.69, 9.17) is 16.6 Å². The highest BCUT2D eigenvalue weighted by molar-refractivity contribution is 6.31. The van der Waals surface area contributed by atoms with Crippen LogP contribution in [0.2, 0.25) is 5.02 Å². The van der Waals surface area contributed by atoms with E-state index in [0.29, 0.717) is 39.9 Å². The number of aryl methyl sites for hydroxylation is 2. The topological polar surface area (TPSA) is 61.8 Å². The molecule has 0 spiro atoms. The Kier molecular flexibility index (Phi) is 7.60. The molecule has 37 heavy (non-hydrogen) atoms. The van der Waals surface area contributed by atoms with Crippen LogP contribution < -0.4 is 11.2 Å². The molecule has 0 saturated heterocycles. The standard InChI is InChI=1S/C29H32ClFN4O2/c1-33-27-26(28(36)35(29(33)37)18-21-12-7-4-8-13-21)34(19-22-23(30)14-9-15-24(22)31)25(32-27)17-16-20-10-5-2-3-6-11-20/h4,7-9,12-15,20H,2-3,5-6,10-11,16-19H2,1H3. The van der Waals surface area contributed by atoms with Gasteiger partial charge >= 0.3 is 5.69 Å². The largest absolute Gasteiger partial charge is 0.332 e. The number of aromatic nitrogens is 4. The van der Waals surface area contributed by atoms with Crippen LogP contribution in [0, 0.1) is 11.7 Å². The number of rotatable bonds is 7. The van der Waals surface area contributed by atoms with Crippen LogP contribution in [0.3, 0.4) is 0 Å². The van der Waals surface area contributed by atoms with E-state index < -0.39 is 17.1 Å². The fraction of sp³-hybridized carbons (Fsp3) is 0.414. The first-order valence-electron chi connectivity index (χ1n) is 13.1. The van der Waals surface area contributed by atoms with E-state index >= 15 is 0 Å². The number of nitrogens with zero attached hydrogens (tertiary/aromatic N) is 4. The molecule has 0 unspecified atom stereocenters. The lowest BCUT2D eigenvalue weighted by atomic mass is 9.95. The Bertz CT molecular complexity index is 1490. The first kappa shape index (κ1) is 25.5. The van der Waals surface area contributed by atoms with Crippen molar-refractivity contribution in [3.63, 3.8) is 0 Å². The normalized spacial score (nSPS) is 14.8. The van der Waals surface area contributed by atoms with Gasteiger partial charge in [0.2, 0.25) is 0 Å². The van der Waals surface area contributed by atoms with Crippen molar-refractivity contribution in [3.8, 4) is 0 Å². The van der Waals surface area contributed by atoms with Gasteiger partial charge < -0.3 is 4.57 Å². The average Bonchev–Trinajstić information content (AvgIpc) is 3.06. The van der Waals surface area contributed by atoms with Crippen LogP contribution in [0.5, 0.6) is 0 Å². The fourth-order valence-electron chi connectivity index (χ4n) is 5.51. The van der Waals surface area contributed by atoms with Crippen LogP contribution in [-0.2, 0) is 26.6 Å². The minimum Gasteiger partial charge on any atom is -0.317 e. The fourth-order valence-corrected chi connectivity index (χ4v) is 5.73. The zero-order valence-corrected chi connectivity index (χ0v) is 21.9. The third-order valence-corrected chi connectivity index (χ3v) is 7.98. The molecule has 0 amide bonds. The lowest BCUT2D eigenvalue weighted by molar-refractivity contribution is 0.422. The summed E-state index contributed by atoms with van der Waals surface area (Å²) in [5.41, 5.74) is 0.920. The van der Waals surface area contributed by atoms with E-state index in [9.17, 15) is 14.0 Å². The highest BCUT2D eigenvalue weighted by Gasteiger charge is 2.23. The van der Waals surface area contributed by atoms with Gasteiger partial charge in [-0.1, -0.05) is 86.5 Å². The molecule has 1 aliphatic carbocycles. The Balaban J connectivity index is 1.63. The lowest BCUT2D eigenvalue weighted by Gasteiger charge is -2.15. The number of fused-ring (bicyclic) bond motifs is 1. The summed E-state index contributed by atoms with van der Waals surface area (Å²) in [7, 11) is 1.63. The van der Waals surface area contributed by atoms with Gasteiger partial charge in [0.05, 0.1) is 13.1 Å². The molecular weight excluding hydrogens is 491 g/mol. The van der Waals surface area contributed by atoms with Crippen molar-refractivity contribution in [2.75, 3.05) is 0 Å². The maximum Gasteiger partial charge on any atom is 0.332 e. The molecule has 0 N–H and O–H groups in total. The van der Waals surface area contributed by atoms with Crippen molar-refractivity contribution < 1.29 is 4.39 Å². The number of benzene rings is 2. The summed E-state index contributed by atoms with van der Waals surface area (Å²) in [6, 6.07) is 14.0. The Hall–Kier alpha value is -3.19. The quantitative estimate of drug-likeness (QED) is 0.293. The van der Waals surface area contributed by atoms with Crippen LogP contribution in [0.4, 0.5) is 4.39 Å². The molecule has 2 aromatic heterocycles. The molecule has 2 heterocycles. The third-order valence-electron chi connectivity index (χ3n) is 7.62. The molecule has 0 bridgehead atoms. The van der Waals surface area contributed by atoms with Crippen molar-refractivity contribution in [1.82, 2.24) is 18.7 Å². The maximum atomic E-state index is 14.8. The molecule has 194 valence electrons. The Morgan fingerprint density at radius 3 is 2.38 bits per heavy atom. The van der Waals surface area contributed by atoms with Crippen molar-refractivity contribution in [1.29, 1.82) is 0 Å². The zero-order chi connectivity index (χ0) is 25.9. The molecular formula is C29H32ClFN4O2. The predicted octanol–water partition coefficient (Wildman–Crippen LogP) is 5.69. The molecule has 5 rings (SSSR count). The minimum absolute atomic E-state index is 0.0702. The monoisotopic (exact) mass is 522 g/mol. The highest BCUT2D eigenvalue weighted by Crippen LogP contribution is 2.28. The third kappa shape index (κ3) is 5.28. The Labute approximate surface area is 220 Å². The molecule has 8 heteroatoms. The summed E-state index contributed by atoms with van der Waals surface area (Å²) >= 11 is 6.39. The Morgan fingerprint density at radius 1 is 0.946 bits per heavy atom. The number of hydrogen-bond donors (Lipinski definition) is 0. The summed E-state index contributed by atoms with van der Waals surface area (Å²) in [6.45, 7) is 0.214. The molecule has 0 atom stereocenters. The maximum absolute atomic E-state index is 14.8. The summed E-state index contributed by atoms with van der Waals surface area (Å²) in [4.78, 5) is 31.8. The molecule has 2 aromatic carbocycles. The van der Waals surface area contributed by atoms with Gasteiger partial charge in [-0.3, -0.25) is 13.9 Å². The average molecular weight is 523 g/mol. The molecule has 4 aromatic rings. The van der Waals surface area contributed by atoms with Gasteiger partial charge in [0, 0.05) is 24.1 Å². The SMILES string of the molecule is Cn1c(=O)n(Cc2ccccc2)c(=O)c2c1nc(CCC1CCCCCC1)n2Cc1c(F)cccc1Cl. The van der Waals surface area contributed by atoms with Crippen molar-refractivity contribution in [3.05, 3.63) is 97.2 Å². The van der Waals surface area contributed by atoms with Gasteiger partial charge in [-0.05, 0) is 30.0 Å². The van der Waals surface area contributed by atoms with Gasteiger partial charge in [-0.2, -0.15) is 0 Å². The van der Waals surface area contributed by atoms with Crippen LogP contribution in [0.1, 0.15) is 61.9 Å². The van der Waals surface area contributed by atoms with Gasteiger partial charge in [0.1, 0.15) is 11.6 Å². The number of imidazole rings is 1. The zero-order valence-electron chi connectivity index (χ0n) is 21.1. The van der Waals surface area contributed by atoms with E-state index in [1.807, 2.05) is 30.3 Å². The van der Waals surface area contributed by atoms with Crippen LogP contribution in [-0.4, -0.2) is 18.7 Å². The first-order chi connectivity index (χ1) is 17.9. The summed E-state index contributed by atoms with van der Waals surface area (Å²) in [5, 5.41) is 0.297. The molecule has 1 saturated carbocycles. The number of halogens is 2. The molecule has 0 aliphatic heterocycles. The summed E-state index contributed by atoms with van der Waals surface area (Å²) in [5.74, 6) is 0.855. The van der Waals surface area contributed by atoms with E-state index in [0.717, 1.165) is 12.0 Å². The molecule has 1 aliphatic rings. The summed E-state index contributed by atoms with van der Waals surface area (Å²) in [6.07, 6.45) is 9.03. The van der Waals surface area contributed by atoms with Crippen molar-refractivity contribution in [2.24, 2.45) is 13.0 Å². The van der Waals surface area contributed by atoms with E-state index in [-0.39, 0.29) is 13.1 Å². The van der Waals surface area contributed by atoms with Crippen LogP contribution >= 0.6 is 11.6 Å². The predicted molar refractivity (Wildman–Crippen MR) is 145 cm³/mol. The lowest BCUT2D eigenvalue weighted by Crippen LogP contribution is -2.40. The van der Waals surface area contributed by atoms with Gasteiger partial charge in [-0.25, -0.2) is 14.2 Å². The molecule has 1 fully saturated rings. The van der Waals surface area contributed by atoms with E-state index in [1.54, 1.807) is 23.7 Å². The molecule has 6 nitrogen and oxygen atoms in total. The van der Waals surface area contributed by atoms with E-state index in [1.165, 1.54) is 53.7 Å². The summed E-state index contributed by atoms with van der Waals surface area (Å²) < 4.78 is 19.3. The van der Waals surface area contributed by atoms with E-state index in [2.05, 4.69) is 0 Å². The van der Waals surface area contributed by atoms with Gasteiger partial charge in [0.15, 0.2) is 11.2 Å². The second-order valence-electron chi connectivity index (χ2n) is 10.1. The van der Waals surface area contributed by atoms with Gasteiger partial charge in [0.25, 0.3) is 5.56 Å². The second-order valence-corrected chi connectivity index (χ2v) is 10.5. The minimum atomic E-state index is -0.432. The van der Waals surface area contributed by atoms with Crippen LogP contribution in [0.15, 0.2) is 58.1 Å². The first-order valence-corrected chi connectivity index (χ1v) is 13.5. The van der Waals surface area contributed by atoms with Crippen LogP contribution in [0.25, 0.3) is 11.2 Å². The Morgan fingerprint density at radius 2 is 1.68 bits per heavy atom. The highest BCUT2D eigenvalue weighted by atomic mass is 35.5. The van der Waals surface area contributed by atoms with Crippen molar-refractivity contribution >= 4 is 22.8 Å². The van der Waals surface area contributed by atoms with Gasteiger partial charge in [-0.15, -0.1) is 0 Å². The molecule has 0 radical (unpaired) electrons. The second kappa shape index (κ2) is 11.1.